The van der Waals surface area contributed by atoms with E-state index >= 15 is 0 Å². The first kappa shape index (κ1) is 33.5. The minimum absolute atomic E-state index is 0.118. The molecule has 1 aromatic heterocycles. The second-order valence-electron chi connectivity index (χ2n) is 10.4. The Labute approximate surface area is 267 Å². The lowest BCUT2D eigenvalue weighted by molar-refractivity contribution is -0.132. The van der Waals surface area contributed by atoms with Gasteiger partial charge in [-0.25, -0.2) is 9.78 Å². The molecule has 2 aromatic carbocycles. The molecule has 0 saturated carbocycles. The Morgan fingerprint density at radius 3 is 2.24 bits per heavy atom. The van der Waals surface area contributed by atoms with Crippen molar-refractivity contribution in [3.8, 4) is 17.2 Å². The van der Waals surface area contributed by atoms with Crippen molar-refractivity contribution in [1.82, 2.24) is 4.98 Å². The first-order valence-corrected chi connectivity index (χ1v) is 16.1. The Morgan fingerprint density at radius 2 is 1.60 bits per heavy atom. The summed E-state index contributed by atoms with van der Waals surface area (Å²) >= 11 is 0.952. The monoisotopic (exact) mass is 636 g/mol. The SMILES string of the molecule is CCCCOc1ccc(C(O)=C2C(=O)C(=O)N(c3nc(C)c(C(=O)OCC)s3)C2c2ccc(OCCCC)c(OCC)c2)cc1. The standard InChI is InChI=1S/C34H40N2O8S/c1-6-10-18-43-24-15-12-22(13-16-24)29(37)27-28(23-14-17-25(44-19-11-7-2)26(20-23)41-8-3)36(32(39)30(27)38)34-35-21(5)31(45-34)33(40)42-9-4/h12-17,20,28,37H,6-11,18-19H2,1-5H3. The van der Waals surface area contributed by atoms with Crippen LogP contribution in [-0.2, 0) is 14.3 Å². The molecule has 1 unspecified atom stereocenters. The van der Waals surface area contributed by atoms with Gasteiger partial charge in [-0.15, -0.1) is 0 Å². The maximum absolute atomic E-state index is 13.7. The van der Waals surface area contributed by atoms with Crippen molar-refractivity contribution in [2.45, 2.75) is 66.3 Å². The van der Waals surface area contributed by atoms with Crippen LogP contribution in [0.3, 0.4) is 0 Å². The van der Waals surface area contributed by atoms with Gasteiger partial charge in [0.25, 0.3) is 5.78 Å². The zero-order valence-electron chi connectivity index (χ0n) is 26.4. The molecule has 1 aliphatic rings. The van der Waals surface area contributed by atoms with Crippen molar-refractivity contribution in [2.24, 2.45) is 0 Å². The number of anilines is 1. The van der Waals surface area contributed by atoms with Crippen molar-refractivity contribution in [3.05, 3.63) is 69.7 Å². The van der Waals surface area contributed by atoms with E-state index in [0.29, 0.717) is 53.9 Å². The van der Waals surface area contributed by atoms with Gasteiger partial charge in [0.05, 0.1) is 43.7 Å². The number of esters is 1. The van der Waals surface area contributed by atoms with Gasteiger partial charge in [-0.2, -0.15) is 0 Å². The summed E-state index contributed by atoms with van der Waals surface area (Å²) in [5.41, 5.74) is 1.08. The molecule has 0 aliphatic carbocycles. The summed E-state index contributed by atoms with van der Waals surface area (Å²) in [6, 6.07) is 10.8. The fraction of sp³-hybridized carbons (Fsp3) is 0.412. The minimum Gasteiger partial charge on any atom is -0.507 e. The normalized spacial score (nSPS) is 15.8. The van der Waals surface area contributed by atoms with E-state index in [2.05, 4.69) is 18.8 Å². The van der Waals surface area contributed by atoms with Crippen molar-refractivity contribution >= 4 is 39.9 Å². The van der Waals surface area contributed by atoms with Gasteiger partial charge in [0, 0.05) is 5.56 Å². The summed E-state index contributed by atoms with van der Waals surface area (Å²) < 4.78 is 22.8. The first-order chi connectivity index (χ1) is 21.7. The summed E-state index contributed by atoms with van der Waals surface area (Å²) in [4.78, 5) is 46.0. The summed E-state index contributed by atoms with van der Waals surface area (Å²) in [6.45, 7) is 10.9. The highest BCUT2D eigenvalue weighted by Crippen LogP contribution is 2.45. The summed E-state index contributed by atoms with van der Waals surface area (Å²) in [6.07, 6.45) is 3.73. The van der Waals surface area contributed by atoms with E-state index in [4.69, 9.17) is 18.9 Å². The first-order valence-electron chi connectivity index (χ1n) is 15.3. The lowest BCUT2D eigenvalue weighted by Gasteiger charge is -2.24. The van der Waals surface area contributed by atoms with Gasteiger partial charge in [0.15, 0.2) is 16.6 Å². The zero-order valence-corrected chi connectivity index (χ0v) is 27.2. The number of aliphatic hydroxyl groups is 1. The fourth-order valence-electron chi connectivity index (χ4n) is 4.82. The molecule has 1 amide bonds. The molecule has 1 aliphatic heterocycles. The molecule has 1 atom stereocenters. The highest BCUT2D eigenvalue weighted by molar-refractivity contribution is 7.17. The predicted molar refractivity (Wildman–Crippen MR) is 172 cm³/mol. The molecule has 0 spiro atoms. The van der Waals surface area contributed by atoms with Crippen LogP contribution in [0, 0.1) is 6.92 Å². The highest BCUT2D eigenvalue weighted by atomic mass is 32.1. The van der Waals surface area contributed by atoms with E-state index in [0.717, 1.165) is 37.0 Å². The van der Waals surface area contributed by atoms with E-state index in [1.54, 1.807) is 56.3 Å². The van der Waals surface area contributed by atoms with E-state index in [1.807, 2.05) is 6.92 Å². The molecule has 0 radical (unpaired) electrons. The summed E-state index contributed by atoms with van der Waals surface area (Å²) in [5, 5.41) is 11.7. The van der Waals surface area contributed by atoms with E-state index in [-0.39, 0.29) is 27.9 Å². The van der Waals surface area contributed by atoms with Crippen molar-refractivity contribution in [2.75, 3.05) is 31.3 Å². The molecular formula is C34H40N2O8S. The molecule has 0 bridgehead atoms. The number of hydrogen-bond acceptors (Lipinski definition) is 10. The summed E-state index contributed by atoms with van der Waals surface area (Å²) in [7, 11) is 0. The van der Waals surface area contributed by atoms with Crippen LogP contribution in [0.4, 0.5) is 5.13 Å². The average Bonchev–Trinajstić information content (AvgIpc) is 3.54. The van der Waals surface area contributed by atoms with E-state index in [1.165, 1.54) is 4.90 Å². The zero-order chi connectivity index (χ0) is 32.5. The number of nitrogens with zero attached hydrogens (tertiary/aromatic N) is 2. The number of aliphatic hydroxyl groups excluding tert-OH is 1. The van der Waals surface area contributed by atoms with Gasteiger partial charge in [0.2, 0.25) is 0 Å². The molecule has 1 saturated heterocycles. The van der Waals surface area contributed by atoms with Crippen LogP contribution in [0.5, 0.6) is 17.2 Å². The van der Waals surface area contributed by atoms with Crippen LogP contribution in [0.15, 0.2) is 48.0 Å². The number of amides is 1. The highest BCUT2D eigenvalue weighted by Gasteiger charge is 2.48. The van der Waals surface area contributed by atoms with Crippen LogP contribution in [-0.4, -0.2) is 54.2 Å². The van der Waals surface area contributed by atoms with Crippen LogP contribution < -0.4 is 19.1 Å². The van der Waals surface area contributed by atoms with E-state index < -0.39 is 23.7 Å². The smallest absolute Gasteiger partial charge is 0.350 e. The second kappa shape index (κ2) is 15.6. The lowest BCUT2D eigenvalue weighted by Crippen LogP contribution is -2.29. The van der Waals surface area contributed by atoms with Crippen LogP contribution in [0.1, 0.15) is 85.9 Å². The topological polar surface area (TPSA) is 124 Å². The number of rotatable bonds is 15. The van der Waals surface area contributed by atoms with Crippen molar-refractivity contribution in [1.29, 1.82) is 0 Å². The van der Waals surface area contributed by atoms with Crippen LogP contribution in [0.25, 0.3) is 5.76 Å². The van der Waals surface area contributed by atoms with Gasteiger partial charge in [0.1, 0.15) is 16.4 Å². The number of aryl methyl sites for hydroxylation is 1. The molecule has 4 rings (SSSR count). The van der Waals surface area contributed by atoms with Gasteiger partial charge in [-0.3, -0.25) is 14.5 Å². The molecular weight excluding hydrogens is 596 g/mol. The predicted octanol–water partition coefficient (Wildman–Crippen LogP) is 7.01. The third kappa shape index (κ3) is 7.47. The number of unbranched alkanes of at least 4 members (excludes halogenated alkanes) is 2. The molecule has 2 heterocycles. The number of benzene rings is 2. The molecule has 240 valence electrons. The maximum atomic E-state index is 13.7. The maximum Gasteiger partial charge on any atom is 0.350 e. The van der Waals surface area contributed by atoms with Crippen LogP contribution >= 0.6 is 11.3 Å². The van der Waals surface area contributed by atoms with Crippen LogP contribution in [0.2, 0.25) is 0 Å². The Kier molecular flexibility index (Phi) is 11.6. The van der Waals surface area contributed by atoms with Gasteiger partial charge in [-0.1, -0.05) is 44.1 Å². The van der Waals surface area contributed by atoms with E-state index in [9.17, 15) is 19.5 Å². The van der Waals surface area contributed by atoms with Gasteiger partial charge in [-0.05, 0) is 75.6 Å². The number of ketones is 1. The number of carbonyl (C=O) groups is 3. The van der Waals surface area contributed by atoms with Crippen molar-refractivity contribution < 1.29 is 38.4 Å². The molecule has 11 heteroatoms. The molecule has 45 heavy (non-hydrogen) atoms. The number of ether oxygens (including phenoxy) is 4. The summed E-state index contributed by atoms with van der Waals surface area (Å²) in [5.74, 6) is -1.09. The third-order valence-corrected chi connectivity index (χ3v) is 8.27. The Balaban J connectivity index is 1.85. The van der Waals surface area contributed by atoms with Gasteiger partial charge >= 0.3 is 11.9 Å². The Morgan fingerprint density at radius 1 is 0.911 bits per heavy atom. The number of aromatic nitrogens is 1. The largest absolute Gasteiger partial charge is 0.507 e. The Bertz CT molecular complexity index is 1550. The Hall–Kier alpha value is -4.38. The number of hydrogen-bond donors (Lipinski definition) is 1. The quantitative estimate of drug-likeness (QED) is 0.0617. The number of Topliss-reactive ketones (excluding diaryl/α,β-unsaturated/α-hetero) is 1. The van der Waals surface area contributed by atoms with Crippen molar-refractivity contribution in [3.63, 3.8) is 0 Å². The average molecular weight is 637 g/mol. The molecule has 1 fully saturated rings. The lowest BCUT2D eigenvalue weighted by atomic mass is 9.95. The third-order valence-electron chi connectivity index (χ3n) is 7.13. The number of thiazole rings is 1. The second-order valence-corrected chi connectivity index (χ2v) is 11.3. The molecule has 1 N–H and O–H groups in total. The fourth-order valence-corrected chi connectivity index (χ4v) is 5.81. The van der Waals surface area contributed by atoms with Gasteiger partial charge < -0.3 is 24.1 Å². The molecule has 3 aromatic rings. The minimum atomic E-state index is -1.07. The molecule has 10 nitrogen and oxygen atoms in total. The number of carbonyl (C=O) groups excluding carboxylic acids is 3.